The summed E-state index contributed by atoms with van der Waals surface area (Å²) in [6.07, 6.45) is 0. The number of nitrogens with zero attached hydrogens (tertiary/aromatic N) is 2. The molecule has 0 aliphatic carbocycles. The van der Waals surface area contributed by atoms with Gasteiger partial charge in [-0.3, -0.25) is 0 Å². The minimum absolute atomic E-state index is 0.0789. The van der Waals surface area contributed by atoms with Crippen molar-refractivity contribution in [2.24, 2.45) is 0 Å². The topological polar surface area (TPSA) is 47.6 Å². The van der Waals surface area contributed by atoms with Crippen LogP contribution in [0.2, 0.25) is 0 Å². The van der Waals surface area contributed by atoms with Crippen LogP contribution in [0, 0.1) is 29.6 Å². The van der Waals surface area contributed by atoms with E-state index in [2.05, 4.69) is 58.0 Å². The molecule has 0 aliphatic rings. The summed E-state index contributed by atoms with van der Waals surface area (Å²) in [6, 6.07) is 16.1. The molecular formula is C19H18N2S. The van der Waals surface area contributed by atoms with Gasteiger partial charge in [0.2, 0.25) is 0 Å². The van der Waals surface area contributed by atoms with Crippen LogP contribution in [0.25, 0.3) is 0 Å². The summed E-state index contributed by atoms with van der Waals surface area (Å²) >= 11 is 1.55. The van der Waals surface area contributed by atoms with Gasteiger partial charge in [-0.25, -0.2) is 0 Å². The molecule has 0 heterocycles. The van der Waals surface area contributed by atoms with Crippen molar-refractivity contribution in [2.45, 2.75) is 42.9 Å². The van der Waals surface area contributed by atoms with E-state index in [0.29, 0.717) is 11.1 Å². The van der Waals surface area contributed by atoms with Gasteiger partial charge in [-0.1, -0.05) is 50.7 Å². The van der Waals surface area contributed by atoms with E-state index in [1.807, 2.05) is 12.1 Å². The van der Waals surface area contributed by atoms with E-state index in [1.165, 1.54) is 11.1 Å². The van der Waals surface area contributed by atoms with E-state index in [4.69, 9.17) is 5.26 Å². The first-order chi connectivity index (χ1) is 10.4. The van der Waals surface area contributed by atoms with Gasteiger partial charge in [0.05, 0.1) is 11.1 Å². The van der Waals surface area contributed by atoms with Crippen LogP contribution in [0.3, 0.4) is 0 Å². The first-order valence-electron chi connectivity index (χ1n) is 7.09. The molecule has 0 aliphatic heterocycles. The highest BCUT2D eigenvalue weighted by Crippen LogP contribution is 2.36. The smallest absolute Gasteiger partial charge is 0.102 e. The maximum atomic E-state index is 9.35. The summed E-state index contributed by atoms with van der Waals surface area (Å²) in [4.78, 5) is 1.95. The Bertz CT molecular complexity index is 787. The molecule has 0 saturated carbocycles. The lowest BCUT2D eigenvalue weighted by molar-refractivity contribution is 0.588. The third kappa shape index (κ3) is 3.32. The van der Waals surface area contributed by atoms with Crippen molar-refractivity contribution < 1.29 is 0 Å². The highest BCUT2D eigenvalue weighted by molar-refractivity contribution is 7.99. The van der Waals surface area contributed by atoms with Gasteiger partial charge >= 0.3 is 0 Å². The first kappa shape index (κ1) is 16.1. The molecule has 0 atom stereocenters. The number of nitriles is 2. The van der Waals surface area contributed by atoms with Gasteiger partial charge in [0.15, 0.2) is 0 Å². The molecule has 0 aromatic heterocycles. The van der Waals surface area contributed by atoms with E-state index in [-0.39, 0.29) is 5.41 Å². The molecule has 2 rings (SSSR count). The van der Waals surface area contributed by atoms with Crippen molar-refractivity contribution in [3.8, 4) is 12.1 Å². The quantitative estimate of drug-likeness (QED) is 0.767. The monoisotopic (exact) mass is 306 g/mol. The highest BCUT2D eigenvalue weighted by atomic mass is 32.2. The van der Waals surface area contributed by atoms with Crippen molar-refractivity contribution in [3.63, 3.8) is 0 Å². The van der Waals surface area contributed by atoms with E-state index < -0.39 is 0 Å². The Morgan fingerprint density at radius 2 is 1.68 bits per heavy atom. The minimum Gasteiger partial charge on any atom is -0.192 e. The lowest BCUT2D eigenvalue weighted by Gasteiger charge is -2.20. The van der Waals surface area contributed by atoms with E-state index >= 15 is 0 Å². The second kappa shape index (κ2) is 6.26. The molecule has 0 spiro atoms. The molecule has 0 amide bonds. The predicted molar refractivity (Wildman–Crippen MR) is 89.9 cm³/mol. The summed E-state index contributed by atoms with van der Waals surface area (Å²) in [6.45, 7) is 8.62. The van der Waals surface area contributed by atoms with Crippen LogP contribution in [0.5, 0.6) is 0 Å². The van der Waals surface area contributed by atoms with Crippen LogP contribution in [0.4, 0.5) is 0 Å². The van der Waals surface area contributed by atoms with Crippen LogP contribution < -0.4 is 0 Å². The van der Waals surface area contributed by atoms with E-state index in [0.717, 1.165) is 9.79 Å². The van der Waals surface area contributed by atoms with Crippen LogP contribution in [0.1, 0.15) is 43.0 Å². The Morgan fingerprint density at radius 1 is 0.955 bits per heavy atom. The SMILES string of the molecule is Cc1ccc(C(C)(C)C)cc1Sc1cccc(C#N)c1C#N. The van der Waals surface area contributed by atoms with Crippen molar-refractivity contribution in [1.29, 1.82) is 10.5 Å². The molecule has 110 valence electrons. The molecule has 0 radical (unpaired) electrons. The first-order valence-corrected chi connectivity index (χ1v) is 7.90. The second-order valence-corrected chi connectivity index (χ2v) is 7.32. The molecule has 22 heavy (non-hydrogen) atoms. The fraction of sp³-hybridized carbons (Fsp3) is 0.263. The Kier molecular flexibility index (Phi) is 4.59. The Balaban J connectivity index is 2.49. The zero-order valence-corrected chi connectivity index (χ0v) is 14.1. The van der Waals surface area contributed by atoms with Gasteiger partial charge in [-0.2, -0.15) is 10.5 Å². The zero-order chi connectivity index (χ0) is 16.3. The van der Waals surface area contributed by atoms with Gasteiger partial charge in [0, 0.05) is 9.79 Å². The summed E-state index contributed by atoms with van der Waals surface area (Å²) in [7, 11) is 0. The zero-order valence-electron chi connectivity index (χ0n) is 13.3. The lowest BCUT2D eigenvalue weighted by Crippen LogP contribution is -2.11. The summed E-state index contributed by atoms with van der Waals surface area (Å²) < 4.78 is 0. The van der Waals surface area contributed by atoms with Crippen molar-refractivity contribution >= 4 is 11.8 Å². The number of rotatable bonds is 2. The fourth-order valence-electron chi connectivity index (χ4n) is 2.12. The number of aryl methyl sites for hydroxylation is 1. The third-order valence-corrected chi connectivity index (χ3v) is 4.75. The molecule has 0 saturated heterocycles. The van der Waals surface area contributed by atoms with E-state index in [9.17, 15) is 5.26 Å². The summed E-state index contributed by atoms with van der Waals surface area (Å²) in [5.41, 5.74) is 3.39. The lowest BCUT2D eigenvalue weighted by atomic mass is 9.87. The maximum absolute atomic E-state index is 9.35. The van der Waals surface area contributed by atoms with Crippen LogP contribution in [-0.2, 0) is 5.41 Å². The molecule has 0 unspecified atom stereocenters. The van der Waals surface area contributed by atoms with E-state index in [1.54, 1.807) is 17.8 Å². The van der Waals surface area contributed by atoms with Crippen molar-refractivity contribution in [1.82, 2.24) is 0 Å². The number of benzene rings is 2. The fourth-order valence-corrected chi connectivity index (χ4v) is 3.18. The Hall–Kier alpha value is -2.23. The minimum atomic E-state index is 0.0789. The van der Waals surface area contributed by atoms with Crippen molar-refractivity contribution in [2.75, 3.05) is 0 Å². The number of hydrogen-bond acceptors (Lipinski definition) is 3. The molecular weight excluding hydrogens is 288 g/mol. The third-order valence-electron chi connectivity index (χ3n) is 3.53. The summed E-state index contributed by atoms with van der Waals surface area (Å²) in [5.74, 6) is 0. The standard InChI is InChI=1S/C19H18N2S/c1-13-8-9-15(19(2,3)4)10-18(13)22-17-7-5-6-14(11-20)16(17)12-21/h5-10H,1-4H3. The average Bonchev–Trinajstić information content (AvgIpc) is 2.48. The summed E-state index contributed by atoms with van der Waals surface area (Å²) in [5, 5.41) is 18.5. The highest BCUT2D eigenvalue weighted by Gasteiger charge is 2.16. The van der Waals surface area contributed by atoms with Crippen LogP contribution in [0.15, 0.2) is 46.2 Å². The molecule has 2 aromatic rings. The average molecular weight is 306 g/mol. The molecule has 0 bridgehead atoms. The second-order valence-electron chi connectivity index (χ2n) is 6.23. The predicted octanol–water partition coefficient (Wildman–Crippen LogP) is 5.19. The van der Waals surface area contributed by atoms with Gasteiger partial charge in [0.1, 0.15) is 12.1 Å². The maximum Gasteiger partial charge on any atom is 0.102 e. The Labute approximate surface area is 136 Å². The number of hydrogen-bond donors (Lipinski definition) is 0. The normalized spacial score (nSPS) is 10.8. The molecule has 0 N–H and O–H groups in total. The van der Waals surface area contributed by atoms with Crippen LogP contribution >= 0.6 is 11.8 Å². The Morgan fingerprint density at radius 3 is 2.27 bits per heavy atom. The van der Waals surface area contributed by atoms with Gasteiger partial charge in [0.25, 0.3) is 0 Å². The molecule has 2 aromatic carbocycles. The van der Waals surface area contributed by atoms with Crippen LogP contribution in [-0.4, -0.2) is 0 Å². The van der Waals surface area contributed by atoms with Gasteiger partial charge < -0.3 is 0 Å². The largest absolute Gasteiger partial charge is 0.192 e. The molecule has 3 heteroatoms. The van der Waals surface area contributed by atoms with Crippen molar-refractivity contribution in [3.05, 3.63) is 58.7 Å². The molecule has 2 nitrogen and oxygen atoms in total. The van der Waals surface area contributed by atoms with Gasteiger partial charge in [-0.15, -0.1) is 0 Å². The van der Waals surface area contributed by atoms with Gasteiger partial charge in [-0.05, 0) is 41.7 Å². The molecule has 0 fully saturated rings.